The molecule has 232 valence electrons. The zero-order chi connectivity index (χ0) is 31.6. The van der Waals surface area contributed by atoms with Gasteiger partial charge in [0, 0.05) is 37.3 Å². The van der Waals surface area contributed by atoms with Crippen LogP contribution in [0.25, 0.3) is 16.6 Å². The van der Waals surface area contributed by atoms with Crippen molar-refractivity contribution in [2.75, 3.05) is 32.8 Å². The van der Waals surface area contributed by atoms with Gasteiger partial charge in [0.15, 0.2) is 6.61 Å². The maximum absolute atomic E-state index is 14.6. The Kier molecular flexibility index (Phi) is 9.12. The number of hydrogen-bond acceptors (Lipinski definition) is 6. The fourth-order valence-corrected chi connectivity index (χ4v) is 5.07. The van der Waals surface area contributed by atoms with Gasteiger partial charge in [-0.2, -0.15) is 13.2 Å². The summed E-state index contributed by atoms with van der Waals surface area (Å²) in [5.41, 5.74) is -2.05. The average molecular weight is 633 g/mol. The van der Waals surface area contributed by atoms with E-state index in [1.54, 1.807) is 61.2 Å². The van der Waals surface area contributed by atoms with Gasteiger partial charge < -0.3 is 14.4 Å². The molecule has 1 aliphatic rings. The molecule has 1 amide bonds. The van der Waals surface area contributed by atoms with Crippen LogP contribution in [0.1, 0.15) is 25.2 Å². The average Bonchev–Trinajstić information content (AvgIpc) is 2.97. The molecule has 2 heterocycles. The minimum absolute atomic E-state index is 0.0726. The number of ether oxygens (including phenoxy) is 2. The van der Waals surface area contributed by atoms with Gasteiger partial charge in [-0.3, -0.25) is 19.1 Å². The molecule has 0 radical (unpaired) electrons. The van der Waals surface area contributed by atoms with Crippen LogP contribution in [0, 0.1) is 5.82 Å². The topological polar surface area (TPSA) is 76.9 Å². The molecule has 1 aromatic heterocycles. The van der Waals surface area contributed by atoms with Crippen molar-refractivity contribution in [1.82, 2.24) is 19.4 Å². The van der Waals surface area contributed by atoms with E-state index in [0.29, 0.717) is 54.6 Å². The van der Waals surface area contributed by atoms with Gasteiger partial charge >= 0.3 is 6.18 Å². The monoisotopic (exact) mass is 632 g/mol. The molecule has 1 saturated heterocycles. The summed E-state index contributed by atoms with van der Waals surface area (Å²) < 4.78 is 68.3. The van der Waals surface area contributed by atoms with Crippen molar-refractivity contribution in [3.05, 3.63) is 93.2 Å². The summed E-state index contributed by atoms with van der Waals surface area (Å²) in [5, 5.41) is 0.732. The van der Waals surface area contributed by atoms with Crippen LogP contribution in [0.4, 0.5) is 17.6 Å². The van der Waals surface area contributed by atoms with Gasteiger partial charge in [-0.05, 0) is 56.3 Å². The van der Waals surface area contributed by atoms with Gasteiger partial charge in [-0.15, -0.1) is 0 Å². The molecule has 0 spiro atoms. The van der Waals surface area contributed by atoms with Gasteiger partial charge in [0.2, 0.25) is 0 Å². The van der Waals surface area contributed by atoms with Crippen LogP contribution < -0.4 is 15.0 Å². The minimum Gasteiger partial charge on any atom is -0.489 e. The van der Waals surface area contributed by atoms with Crippen LogP contribution in [0.15, 0.2) is 65.5 Å². The molecule has 8 nitrogen and oxygen atoms in total. The van der Waals surface area contributed by atoms with E-state index in [2.05, 4.69) is 4.98 Å². The highest BCUT2D eigenvalue weighted by Crippen LogP contribution is 2.37. The number of nitrogens with zero attached hydrogens (tertiary/aromatic N) is 4. The fourth-order valence-electron chi connectivity index (χ4n) is 4.94. The molecule has 0 saturated carbocycles. The van der Waals surface area contributed by atoms with Crippen molar-refractivity contribution in [2.24, 2.45) is 0 Å². The van der Waals surface area contributed by atoms with E-state index in [0.717, 1.165) is 4.57 Å². The van der Waals surface area contributed by atoms with E-state index in [1.165, 1.54) is 6.07 Å². The fraction of sp³-hybridized carbons (Fsp3) is 0.323. The highest BCUT2D eigenvalue weighted by Gasteiger charge is 2.36. The normalized spacial score (nSPS) is 14.3. The summed E-state index contributed by atoms with van der Waals surface area (Å²) in [6.45, 7) is 4.73. The highest BCUT2D eigenvalue weighted by atomic mass is 35.5. The molecule has 44 heavy (non-hydrogen) atoms. The minimum atomic E-state index is -5.01. The Balaban J connectivity index is 1.43. The summed E-state index contributed by atoms with van der Waals surface area (Å²) in [6, 6.07) is 14.4. The quantitative estimate of drug-likeness (QED) is 0.232. The summed E-state index contributed by atoms with van der Waals surface area (Å²) in [5.74, 6) is -1.28. The first-order valence-electron chi connectivity index (χ1n) is 13.9. The first-order chi connectivity index (χ1) is 20.9. The molecule has 0 N–H and O–H groups in total. The number of hydrogen-bond donors (Lipinski definition) is 0. The predicted molar refractivity (Wildman–Crippen MR) is 157 cm³/mol. The molecule has 0 aliphatic carbocycles. The van der Waals surface area contributed by atoms with Crippen molar-refractivity contribution < 1.29 is 31.8 Å². The number of benzene rings is 3. The van der Waals surface area contributed by atoms with E-state index >= 15 is 0 Å². The van der Waals surface area contributed by atoms with Crippen LogP contribution in [0.2, 0.25) is 5.02 Å². The standard InChI is InChI=1S/C31H29ClF4N4O4/c1-19(2)44-27-16-24(33)23(31(34,35)36)15-26(27)40-28(37-25-6-4-3-5-22(25)30(40)42)17-38-11-13-39(14-12-38)29(41)18-43-21-9-7-20(32)8-10-21/h3-10,15-16,19H,11-14,17-18H2,1-2H3. The molecule has 4 aromatic rings. The molecular formula is C31H29ClF4N4O4. The van der Waals surface area contributed by atoms with Crippen molar-refractivity contribution >= 4 is 28.4 Å². The first-order valence-corrected chi connectivity index (χ1v) is 14.3. The Morgan fingerprint density at radius 3 is 2.36 bits per heavy atom. The van der Waals surface area contributed by atoms with E-state index < -0.39 is 29.2 Å². The Labute approximate surface area is 255 Å². The van der Waals surface area contributed by atoms with Crippen LogP contribution in [0.3, 0.4) is 0 Å². The van der Waals surface area contributed by atoms with E-state index in [4.69, 9.17) is 21.1 Å². The largest absolute Gasteiger partial charge is 0.489 e. The van der Waals surface area contributed by atoms with Crippen molar-refractivity contribution in [1.29, 1.82) is 0 Å². The summed E-state index contributed by atoms with van der Waals surface area (Å²) in [4.78, 5) is 34.8. The summed E-state index contributed by atoms with van der Waals surface area (Å²) >= 11 is 5.88. The molecule has 3 aromatic carbocycles. The number of rotatable bonds is 8. The van der Waals surface area contributed by atoms with Gasteiger partial charge in [-0.1, -0.05) is 23.7 Å². The number of amides is 1. The number of aromatic nitrogens is 2. The van der Waals surface area contributed by atoms with Crippen LogP contribution >= 0.6 is 11.6 Å². The molecule has 0 atom stereocenters. The van der Waals surface area contributed by atoms with Gasteiger partial charge in [-0.25, -0.2) is 9.37 Å². The Morgan fingerprint density at radius 2 is 1.70 bits per heavy atom. The van der Waals surface area contributed by atoms with E-state index in [9.17, 15) is 27.2 Å². The summed E-state index contributed by atoms with van der Waals surface area (Å²) in [6.07, 6.45) is -5.53. The molecule has 13 heteroatoms. The summed E-state index contributed by atoms with van der Waals surface area (Å²) in [7, 11) is 0. The lowest BCUT2D eigenvalue weighted by atomic mass is 10.1. The number of piperazine rings is 1. The Hall–Kier alpha value is -4.16. The lowest BCUT2D eigenvalue weighted by molar-refractivity contribution is -0.140. The molecule has 0 bridgehead atoms. The number of alkyl halides is 3. The van der Waals surface area contributed by atoms with Crippen LogP contribution in [0.5, 0.6) is 11.5 Å². The third-order valence-electron chi connectivity index (χ3n) is 7.07. The Morgan fingerprint density at radius 1 is 1.02 bits per heavy atom. The second kappa shape index (κ2) is 12.8. The SMILES string of the molecule is CC(C)Oc1cc(F)c(C(F)(F)F)cc1-n1c(CN2CCN(C(=O)COc3ccc(Cl)cc3)CC2)nc2ccccc2c1=O. The molecule has 1 aliphatic heterocycles. The van der Waals surface area contributed by atoms with Gasteiger partial charge in [0.1, 0.15) is 23.1 Å². The zero-order valence-corrected chi connectivity index (χ0v) is 24.7. The smallest absolute Gasteiger partial charge is 0.419 e. The van der Waals surface area contributed by atoms with Crippen molar-refractivity contribution in [3.63, 3.8) is 0 Å². The maximum atomic E-state index is 14.6. The third kappa shape index (κ3) is 6.97. The first kappa shape index (κ1) is 31.3. The highest BCUT2D eigenvalue weighted by molar-refractivity contribution is 6.30. The zero-order valence-electron chi connectivity index (χ0n) is 23.9. The number of fused-ring (bicyclic) bond motifs is 1. The van der Waals surface area contributed by atoms with Crippen LogP contribution in [-0.4, -0.2) is 64.1 Å². The van der Waals surface area contributed by atoms with E-state index in [-0.39, 0.29) is 41.7 Å². The third-order valence-corrected chi connectivity index (χ3v) is 7.32. The number of carbonyl (C=O) groups excluding carboxylic acids is 1. The van der Waals surface area contributed by atoms with Gasteiger partial charge in [0.25, 0.3) is 11.5 Å². The Bertz CT molecular complexity index is 1720. The van der Waals surface area contributed by atoms with Crippen molar-refractivity contribution in [2.45, 2.75) is 32.7 Å². The number of para-hydroxylation sites is 1. The molecule has 1 fully saturated rings. The molecule has 0 unspecified atom stereocenters. The predicted octanol–water partition coefficient (Wildman–Crippen LogP) is 5.71. The van der Waals surface area contributed by atoms with Crippen molar-refractivity contribution in [3.8, 4) is 17.2 Å². The molecular weight excluding hydrogens is 604 g/mol. The van der Waals surface area contributed by atoms with Gasteiger partial charge in [0.05, 0.1) is 34.8 Å². The number of carbonyl (C=O) groups is 1. The maximum Gasteiger partial charge on any atom is 0.419 e. The molecule has 5 rings (SSSR count). The lowest BCUT2D eigenvalue weighted by Gasteiger charge is -2.34. The second-order valence-corrected chi connectivity index (χ2v) is 11.0. The van der Waals surface area contributed by atoms with E-state index in [1.807, 2.05) is 4.90 Å². The lowest BCUT2D eigenvalue weighted by Crippen LogP contribution is -2.50. The second-order valence-electron chi connectivity index (χ2n) is 10.5. The number of halogens is 5. The van der Waals surface area contributed by atoms with Crippen LogP contribution in [-0.2, 0) is 17.5 Å².